The van der Waals surface area contributed by atoms with Gasteiger partial charge in [-0.2, -0.15) is 0 Å². The molecule has 2 N–H and O–H groups in total. The van der Waals surface area contributed by atoms with Crippen LogP contribution in [-0.2, 0) is 16.6 Å². The Morgan fingerprint density at radius 2 is 1.66 bits per heavy atom. The van der Waals surface area contributed by atoms with Crippen LogP contribution in [0.5, 0.6) is 5.75 Å². The third-order valence-electron chi connectivity index (χ3n) is 4.58. The molecule has 4 aromatic rings. The number of hydrogen-bond donors (Lipinski definition) is 2. The summed E-state index contributed by atoms with van der Waals surface area (Å²) >= 11 is 0. The molecule has 4 rings (SSSR count). The van der Waals surface area contributed by atoms with Gasteiger partial charge in [-0.1, -0.05) is 30.3 Å². The van der Waals surface area contributed by atoms with Crippen molar-refractivity contribution in [3.63, 3.8) is 0 Å². The van der Waals surface area contributed by atoms with Gasteiger partial charge < -0.3 is 10.1 Å². The lowest BCUT2D eigenvalue weighted by molar-refractivity contribution is 0.102. The number of para-hydroxylation sites is 1. The quantitative estimate of drug-likeness (QED) is 0.437. The van der Waals surface area contributed by atoms with Crippen LogP contribution in [0.15, 0.2) is 84.9 Å². The van der Waals surface area contributed by atoms with E-state index in [1.807, 2.05) is 36.4 Å². The zero-order valence-corrected chi connectivity index (χ0v) is 18.1. The highest BCUT2D eigenvalue weighted by atomic mass is 32.2. The standard InChI is InChI=1S/C24H21N3O4S/c1-32(29,30)27-20-7-4-6-19(15-20)26-24(28)18-10-13-22(14-11-18)31-16-21-12-9-17-5-2-3-8-23(17)25-21/h2-15,27H,16H2,1H3,(H,26,28). The van der Waals surface area contributed by atoms with Gasteiger partial charge >= 0.3 is 0 Å². The summed E-state index contributed by atoms with van der Waals surface area (Å²) < 4.78 is 30.9. The summed E-state index contributed by atoms with van der Waals surface area (Å²) in [4.78, 5) is 17.1. The van der Waals surface area contributed by atoms with Crippen molar-refractivity contribution in [1.82, 2.24) is 4.98 Å². The third-order valence-corrected chi connectivity index (χ3v) is 5.19. The number of carbonyl (C=O) groups excluding carboxylic acids is 1. The largest absolute Gasteiger partial charge is 0.487 e. The molecule has 0 aliphatic rings. The molecule has 0 aliphatic carbocycles. The Balaban J connectivity index is 1.37. The number of anilines is 2. The van der Waals surface area contributed by atoms with Crippen molar-refractivity contribution in [3.8, 4) is 5.75 Å². The highest BCUT2D eigenvalue weighted by molar-refractivity contribution is 7.92. The predicted octanol–water partition coefficient (Wildman–Crippen LogP) is 4.44. The maximum absolute atomic E-state index is 12.5. The van der Waals surface area contributed by atoms with Gasteiger partial charge in [-0.15, -0.1) is 0 Å². The number of ether oxygens (including phenoxy) is 1. The van der Waals surface area contributed by atoms with Crippen molar-refractivity contribution in [1.29, 1.82) is 0 Å². The number of amides is 1. The minimum atomic E-state index is -3.40. The fraction of sp³-hybridized carbons (Fsp3) is 0.0833. The van der Waals surface area contributed by atoms with E-state index >= 15 is 0 Å². The van der Waals surface area contributed by atoms with Crippen molar-refractivity contribution < 1.29 is 17.9 Å². The molecule has 0 saturated carbocycles. The number of hydrogen-bond acceptors (Lipinski definition) is 5. The van der Waals surface area contributed by atoms with Gasteiger partial charge in [-0.3, -0.25) is 9.52 Å². The Labute approximate surface area is 186 Å². The molecule has 0 unspecified atom stereocenters. The van der Waals surface area contributed by atoms with E-state index in [0.717, 1.165) is 22.9 Å². The molecule has 0 aliphatic heterocycles. The molecule has 3 aromatic carbocycles. The van der Waals surface area contributed by atoms with E-state index in [1.165, 1.54) is 0 Å². The molecule has 1 aromatic heterocycles. The van der Waals surface area contributed by atoms with Crippen LogP contribution >= 0.6 is 0 Å². The maximum atomic E-state index is 12.5. The summed E-state index contributed by atoms with van der Waals surface area (Å²) in [7, 11) is -3.40. The summed E-state index contributed by atoms with van der Waals surface area (Å²) in [6, 6.07) is 25.1. The molecular weight excluding hydrogens is 426 g/mol. The molecule has 32 heavy (non-hydrogen) atoms. The van der Waals surface area contributed by atoms with Crippen molar-refractivity contribution in [3.05, 3.63) is 96.2 Å². The van der Waals surface area contributed by atoms with Gasteiger partial charge in [0.15, 0.2) is 0 Å². The van der Waals surface area contributed by atoms with Crippen LogP contribution in [0.4, 0.5) is 11.4 Å². The molecule has 0 fully saturated rings. The average molecular weight is 448 g/mol. The van der Waals surface area contributed by atoms with Crippen LogP contribution in [0.3, 0.4) is 0 Å². The maximum Gasteiger partial charge on any atom is 0.255 e. The molecule has 162 valence electrons. The van der Waals surface area contributed by atoms with E-state index in [-0.39, 0.29) is 5.91 Å². The first-order valence-corrected chi connectivity index (χ1v) is 11.7. The second kappa shape index (κ2) is 9.07. The Morgan fingerprint density at radius 3 is 2.44 bits per heavy atom. The second-order valence-electron chi connectivity index (χ2n) is 7.22. The summed E-state index contributed by atoms with van der Waals surface area (Å²) in [5.74, 6) is 0.306. The Morgan fingerprint density at radius 1 is 0.906 bits per heavy atom. The molecule has 0 bridgehead atoms. The van der Waals surface area contributed by atoms with Gasteiger partial charge in [0.2, 0.25) is 10.0 Å². The van der Waals surface area contributed by atoms with Crippen molar-refractivity contribution in [2.24, 2.45) is 0 Å². The Bertz CT molecular complexity index is 1370. The number of carbonyl (C=O) groups is 1. The Kier molecular flexibility index (Phi) is 6.04. The summed E-state index contributed by atoms with van der Waals surface area (Å²) in [6.45, 7) is 0.316. The fourth-order valence-corrected chi connectivity index (χ4v) is 3.68. The van der Waals surface area contributed by atoms with Gasteiger partial charge in [-0.05, 0) is 54.6 Å². The van der Waals surface area contributed by atoms with Crippen LogP contribution < -0.4 is 14.8 Å². The molecule has 8 heteroatoms. The normalized spacial score (nSPS) is 11.2. The topological polar surface area (TPSA) is 97.4 Å². The Hall–Kier alpha value is -3.91. The van der Waals surface area contributed by atoms with E-state index in [0.29, 0.717) is 29.3 Å². The minimum Gasteiger partial charge on any atom is -0.487 e. The van der Waals surface area contributed by atoms with Crippen molar-refractivity contribution >= 4 is 38.2 Å². The van der Waals surface area contributed by atoms with Crippen molar-refractivity contribution in [2.75, 3.05) is 16.3 Å². The van der Waals surface area contributed by atoms with Gasteiger partial charge in [0.1, 0.15) is 12.4 Å². The molecule has 7 nitrogen and oxygen atoms in total. The molecule has 0 saturated heterocycles. The van der Waals surface area contributed by atoms with Gasteiger partial charge in [0.05, 0.1) is 23.2 Å². The van der Waals surface area contributed by atoms with E-state index in [2.05, 4.69) is 15.0 Å². The molecule has 0 atom stereocenters. The smallest absolute Gasteiger partial charge is 0.255 e. The summed E-state index contributed by atoms with van der Waals surface area (Å²) in [6.07, 6.45) is 1.07. The number of benzene rings is 3. The molecule has 1 heterocycles. The lowest BCUT2D eigenvalue weighted by Gasteiger charge is -2.10. The summed E-state index contributed by atoms with van der Waals surface area (Å²) in [5.41, 5.74) is 3.02. The highest BCUT2D eigenvalue weighted by Gasteiger charge is 2.08. The van der Waals surface area contributed by atoms with Gasteiger partial charge in [-0.25, -0.2) is 13.4 Å². The van der Waals surface area contributed by atoms with Crippen LogP contribution in [0.25, 0.3) is 10.9 Å². The number of nitrogens with one attached hydrogen (secondary N) is 2. The van der Waals surface area contributed by atoms with Gasteiger partial charge in [0, 0.05) is 16.6 Å². The van der Waals surface area contributed by atoms with E-state index in [9.17, 15) is 13.2 Å². The number of pyridine rings is 1. The van der Waals surface area contributed by atoms with Gasteiger partial charge in [0.25, 0.3) is 5.91 Å². The SMILES string of the molecule is CS(=O)(=O)Nc1cccc(NC(=O)c2ccc(OCc3ccc4ccccc4n3)cc2)c1. The lowest BCUT2D eigenvalue weighted by Crippen LogP contribution is -2.13. The third kappa shape index (κ3) is 5.61. The average Bonchev–Trinajstić information content (AvgIpc) is 2.77. The number of sulfonamides is 1. The highest BCUT2D eigenvalue weighted by Crippen LogP contribution is 2.19. The first-order chi connectivity index (χ1) is 15.4. The number of fused-ring (bicyclic) bond motifs is 1. The second-order valence-corrected chi connectivity index (χ2v) is 8.97. The molecule has 1 amide bonds. The zero-order chi connectivity index (χ0) is 22.6. The fourth-order valence-electron chi connectivity index (χ4n) is 3.13. The van der Waals surface area contributed by atoms with Crippen LogP contribution in [-0.4, -0.2) is 25.6 Å². The minimum absolute atomic E-state index is 0.316. The van der Waals surface area contributed by atoms with Crippen LogP contribution in [0.2, 0.25) is 0 Å². The predicted molar refractivity (Wildman–Crippen MR) is 125 cm³/mol. The monoisotopic (exact) mass is 447 g/mol. The summed E-state index contributed by atoms with van der Waals surface area (Å²) in [5, 5.41) is 3.83. The number of aromatic nitrogens is 1. The first kappa shape index (κ1) is 21.3. The number of rotatable bonds is 7. The zero-order valence-electron chi connectivity index (χ0n) is 17.3. The molecule has 0 spiro atoms. The molecule has 0 radical (unpaired) electrons. The van der Waals surface area contributed by atoms with Crippen LogP contribution in [0, 0.1) is 0 Å². The van der Waals surface area contributed by atoms with E-state index in [1.54, 1.807) is 48.5 Å². The number of nitrogens with zero attached hydrogens (tertiary/aromatic N) is 1. The van der Waals surface area contributed by atoms with E-state index < -0.39 is 10.0 Å². The van der Waals surface area contributed by atoms with Crippen molar-refractivity contribution in [2.45, 2.75) is 6.61 Å². The van der Waals surface area contributed by atoms with E-state index in [4.69, 9.17) is 4.74 Å². The first-order valence-electron chi connectivity index (χ1n) is 9.82. The molecular formula is C24H21N3O4S. The lowest BCUT2D eigenvalue weighted by atomic mass is 10.2. The van der Waals surface area contributed by atoms with Crippen LogP contribution in [0.1, 0.15) is 16.1 Å².